The first-order valence-electron chi connectivity index (χ1n) is 6.75. The molecule has 1 fully saturated rings. The minimum Gasteiger partial charge on any atom is -0.389 e. The van der Waals surface area contributed by atoms with E-state index in [4.69, 9.17) is 0 Å². The van der Waals surface area contributed by atoms with E-state index in [2.05, 4.69) is 24.5 Å². The number of urea groups is 1. The third-order valence-corrected chi connectivity index (χ3v) is 3.68. The van der Waals surface area contributed by atoms with Crippen molar-refractivity contribution < 1.29 is 9.90 Å². The van der Waals surface area contributed by atoms with Crippen molar-refractivity contribution in [3.05, 3.63) is 29.8 Å². The standard InChI is InChI=1S/C15H22N2O2/c1-10(18)11-4-8-13(9-5-11)16-14(19)17-15(2,3)12-6-7-12/h4-5,8-10,12,18H,6-7H2,1-3H3,(H2,16,17,19). The number of aliphatic hydroxyl groups excluding tert-OH is 1. The molecule has 4 nitrogen and oxygen atoms in total. The average molecular weight is 262 g/mol. The van der Waals surface area contributed by atoms with Crippen LogP contribution in [0.15, 0.2) is 24.3 Å². The number of anilines is 1. The highest BCUT2D eigenvalue weighted by Gasteiger charge is 2.38. The van der Waals surface area contributed by atoms with Gasteiger partial charge >= 0.3 is 6.03 Å². The van der Waals surface area contributed by atoms with Crippen molar-refractivity contribution in [3.63, 3.8) is 0 Å². The Morgan fingerprint density at radius 2 is 1.89 bits per heavy atom. The van der Waals surface area contributed by atoms with Gasteiger partial charge in [-0.15, -0.1) is 0 Å². The lowest BCUT2D eigenvalue weighted by Gasteiger charge is -2.26. The fourth-order valence-electron chi connectivity index (χ4n) is 2.21. The number of rotatable bonds is 4. The molecular weight excluding hydrogens is 240 g/mol. The van der Waals surface area contributed by atoms with E-state index >= 15 is 0 Å². The van der Waals surface area contributed by atoms with Crippen molar-refractivity contribution in [2.75, 3.05) is 5.32 Å². The Balaban J connectivity index is 1.91. The molecular formula is C15H22N2O2. The van der Waals surface area contributed by atoms with Crippen LogP contribution in [-0.4, -0.2) is 16.7 Å². The predicted octanol–water partition coefficient (Wildman–Crippen LogP) is 3.05. The van der Waals surface area contributed by atoms with E-state index < -0.39 is 6.10 Å². The molecule has 2 amide bonds. The Morgan fingerprint density at radius 3 is 2.37 bits per heavy atom. The van der Waals surface area contributed by atoms with Crippen LogP contribution in [-0.2, 0) is 0 Å². The second-order valence-electron chi connectivity index (χ2n) is 5.87. The van der Waals surface area contributed by atoms with Gasteiger partial charge in [-0.3, -0.25) is 0 Å². The fourth-order valence-corrected chi connectivity index (χ4v) is 2.21. The maximum absolute atomic E-state index is 11.9. The molecule has 1 unspecified atom stereocenters. The molecule has 0 spiro atoms. The highest BCUT2D eigenvalue weighted by Crippen LogP contribution is 2.39. The summed E-state index contributed by atoms with van der Waals surface area (Å²) in [5, 5.41) is 15.2. The average Bonchev–Trinajstić information content (AvgIpc) is 3.12. The molecule has 19 heavy (non-hydrogen) atoms. The zero-order valence-corrected chi connectivity index (χ0v) is 11.7. The second kappa shape index (κ2) is 5.21. The van der Waals surface area contributed by atoms with Crippen molar-refractivity contribution in [3.8, 4) is 0 Å². The molecule has 4 heteroatoms. The van der Waals surface area contributed by atoms with E-state index in [-0.39, 0.29) is 11.6 Å². The molecule has 0 radical (unpaired) electrons. The molecule has 0 heterocycles. The summed E-state index contributed by atoms with van der Waals surface area (Å²) in [7, 11) is 0. The molecule has 1 atom stereocenters. The third kappa shape index (κ3) is 3.70. The van der Waals surface area contributed by atoms with Crippen molar-refractivity contribution in [2.24, 2.45) is 5.92 Å². The van der Waals surface area contributed by atoms with E-state index in [1.807, 2.05) is 12.1 Å². The van der Waals surface area contributed by atoms with E-state index in [0.717, 1.165) is 11.3 Å². The Hall–Kier alpha value is -1.55. The van der Waals surface area contributed by atoms with Crippen LogP contribution in [0.1, 0.15) is 45.3 Å². The van der Waals surface area contributed by atoms with Crippen molar-refractivity contribution in [1.29, 1.82) is 0 Å². The lowest BCUT2D eigenvalue weighted by molar-refractivity contribution is 0.199. The molecule has 1 aromatic rings. The number of carbonyl (C=O) groups excluding carboxylic acids is 1. The van der Waals surface area contributed by atoms with Crippen LogP contribution >= 0.6 is 0 Å². The molecule has 2 rings (SSSR count). The summed E-state index contributed by atoms with van der Waals surface area (Å²) in [6.45, 7) is 5.83. The van der Waals surface area contributed by atoms with Gasteiger partial charge in [-0.1, -0.05) is 12.1 Å². The molecule has 0 aliphatic heterocycles. The molecule has 1 aliphatic rings. The highest BCUT2D eigenvalue weighted by molar-refractivity contribution is 5.89. The number of carbonyl (C=O) groups is 1. The highest BCUT2D eigenvalue weighted by atomic mass is 16.3. The lowest BCUT2D eigenvalue weighted by Crippen LogP contribution is -2.47. The Labute approximate surface area is 114 Å². The van der Waals surface area contributed by atoms with Crippen LogP contribution in [0.4, 0.5) is 10.5 Å². The van der Waals surface area contributed by atoms with Crippen molar-refractivity contribution in [2.45, 2.75) is 45.3 Å². The van der Waals surface area contributed by atoms with Crippen LogP contribution in [0.3, 0.4) is 0 Å². The van der Waals surface area contributed by atoms with E-state index in [1.54, 1.807) is 19.1 Å². The normalized spacial score (nSPS) is 16.8. The van der Waals surface area contributed by atoms with Gasteiger partial charge < -0.3 is 15.7 Å². The maximum Gasteiger partial charge on any atom is 0.319 e. The van der Waals surface area contributed by atoms with Crippen molar-refractivity contribution >= 4 is 11.7 Å². The zero-order valence-electron chi connectivity index (χ0n) is 11.7. The van der Waals surface area contributed by atoms with Gasteiger partial charge in [0.1, 0.15) is 0 Å². The van der Waals surface area contributed by atoms with Crippen LogP contribution in [0, 0.1) is 5.92 Å². The van der Waals surface area contributed by atoms with Crippen molar-refractivity contribution in [1.82, 2.24) is 5.32 Å². The van der Waals surface area contributed by atoms with Gasteiger partial charge in [0.15, 0.2) is 0 Å². The van der Waals surface area contributed by atoms with Crippen LogP contribution in [0.5, 0.6) is 0 Å². The first kappa shape index (κ1) is 13.9. The van der Waals surface area contributed by atoms with E-state index in [1.165, 1.54) is 12.8 Å². The Bertz CT molecular complexity index is 448. The molecule has 1 saturated carbocycles. The lowest BCUT2D eigenvalue weighted by atomic mass is 9.99. The number of amides is 2. The first-order chi connectivity index (χ1) is 8.88. The quantitative estimate of drug-likeness (QED) is 0.781. The number of nitrogens with one attached hydrogen (secondary N) is 2. The molecule has 0 bridgehead atoms. The number of aliphatic hydroxyl groups is 1. The monoisotopic (exact) mass is 262 g/mol. The topological polar surface area (TPSA) is 61.4 Å². The van der Waals surface area contributed by atoms with Crippen LogP contribution < -0.4 is 10.6 Å². The van der Waals surface area contributed by atoms with E-state index in [0.29, 0.717) is 5.92 Å². The number of benzene rings is 1. The molecule has 0 saturated heterocycles. The minimum absolute atomic E-state index is 0.149. The van der Waals surface area contributed by atoms with E-state index in [9.17, 15) is 9.90 Å². The predicted molar refractivity (Wildman–Crippen MR) is 76.0 cm³/mol. The molecule has 3 N–H and O–H groups in total. The summed E-state index contributed by atoms with van der Waals surface area (Å²) in [5.74, 6) is 0.593. The first-order valence-corrected chi connectivity index (χ1v) is 6.75. The summed E-state index contributed by atoms with van der Waals surface area (Å²) >= 11 is 0. The third-order valence-electron chi connectivity index (χ3n) is 3.68. The summed E-state index contributed by atoms with van der Waals surface area (Å²) in [6, 6.07) is 7.04. The SMILES string of the molecule is CC(O)c1ccc(NC(=O)NC(C)(C)C2CC2)cc1. The largest absolute Gasteiger partial charge is 0.389 e. The Morgan fingerprint density at radius 1 is 1.32 bits per heavy atom. The van der Waals surface area contributed by atoms with Crippen LogP contribution in [0.25, 0.3) is 0 Å². The van der Waals surface area contributed by atoms with Gasteiger partial charge in [-0.2, -0.15) is 0 Å². The molecule has 104 valence electrons. The van der Waals surface area contributed by atoms with Gasteiger partial charge in [0.05, 0.1) is 6.10 Å². The summed E-state index contributed by atoms with van der Waals surface area (Å²) in [4.78, 5) is 11.9. The molecule has 1 aromatic carbocycles. The number of hydrogen-bond donors (Lipinski definition) is 3. The second-order valence-corrected chi connectivity index (χ2v) is 5.87. The van der Waals surface area contributed by atoms with Gasteiger partial charge in [0.2, 0.25) is 0 Å². The minimum atomic E-state index is -0.489. The summed E-state index contributed by atoms with van der Waals surface area (Å²) < 4.78 is 0. The zero-order chi connectivity index (χ0) is 14.0. The van der Waals surface area contributed by atoms with Crippen LogP contribution in [0.2, 0.25) is 0 Å². The van der Waals surface area contributed by atoms with Gasteiger partial charge in [0.25, 0.3) is 0 Å². The Kier molecular flexibility index (Phi) is 3.80. The summed E-state index contributed by atoms with van der Waals surface area (Å²) in [5.41, 5.74) is 1.42. The number of hydrogen-bond acceptors (Lipinski definition) is 2. The fraction of sp³-hybridized carbons (Fsp3) is 0.533. The molecule has 1 aliphatic carbocycles. The molecule has 0 aromatic heterocycles. The maximum atomic E-state index is 11.9. The van der Waals surface area contributed by atoms with Gasteiger partial charge in [0, 0.05) is 11.2 Å². The summed E-state index contributed by atoms with van der Waals surface area (Å²) in [6.07, 6.45) is 1.89. The smallest absolute Gasteiger partial charge is 0.319 e. The van der Waals surface area contributed by atoms with Gasteiger partial charge in [-0.05, 0) is 57.2 Å². The van der Waals surface area contributed by atoms with Gasteiger partial charge in [-0.25, -0.2) is 4.79 Å².